The molecule has 1 heterocycles. The molecule has 0 unspecified atom stereocenters. The largest absolute Gasteiger partial charge is 0.365 e. The normalized spacial score (nSPS) is 10.3. The lowest BCUT2D eigenvalue weighted by Crippen LogP contribution is -2.17. The number of nitrogens with two attached hydrogens (primary N) is 1. The second-order valence-corrected chi connectivity index (χ2v) is 5.92. The van der Waals surface area contributed by atoms with Gasteiger partial charge in [-0.2, -0.15) is 0 Å². The molecule has 1 aromatic heterocycles. The highest BCUT2D eigenvalue weighted by molar-refractivity contribution is 7.16. The van der Waals surface area contributed by atoms with E-state index < -0.39 is 5.91 Å². The number of rotatable bonds is 3. The van der Waals surface area contributed by atoms with E-state index in [0.717, 1.165) is 10.4 Å². The highest BCUT2D eigenvalue weighted by Gasteiger charge is 2.20. The van der Waals surface area contributed by atoms with Crippen molar-refractivity contribution < 1.29 is 9.59 Å². The first-order valence-corrected chi connectivity index (χ1v) is 7.07. The minimum absolute atomic E-state index is 0.355. The molecule has 0 bridgehead atoms. The van der Waals surface area contributed by atoms with E-state index in [-0.39, 0.29) is 5.91 Å². The van der Waals surface area contributed by atoms with Crippen LogP contribution < -0.4 is 11.1 Å². The maximum atomic E-state index is 12.2. The molecule has 2 aromatic rings. The van der Waals surface area contributed by atoms with E-state index in [1.807, 2.05) is 6.92 Å². The molecule has 2 rings (SSSR count). The third-order valence-corrected chi connectivity index (χ3v) is 4.43. The van der Waals surface area contributed by atoms with Gasteiger partial charge in [0.05, 0.1) is 16.1 Å². The number of primary amides is 1. The summed E-state index contributed by atoms with van der Waals surface area (Å²) in [5.74, 6) is -0.916. The van der Waals surface area contributed by atoms with Gasteiger partial charge in [0.1, 0.15) is 5.00 Å². The van der Waals surface area contributed by atoms with Crippen LogP contribution in [0, 0.1) is 13.8 Å². The van der Waals surface area contributed by atoms with Crippen LogP contribution >= 0.6 is 22.9 Å². The number of hydrogen-bond donors (Lipinski definition) is 2. The first-order valence-electron chi connectivity index (χ1n) is 5.87. The fourth-order valence-electron chi connectivity index (χ4n) is 1.83. The van der Waals surface area contributed by atoms with Crippen LogP contribution in [0.1, 0.15) is 31.2 Å². The molecule has 0 spiro atoms. The van der Waals surface area contributed by atoms with Crippen molar-refractivity contribution in [1.82, 2.24) is 0 Å². The zero-order chi connectivity index (χ0) is 14.9. The molecule has 104 valence electrons. The molecule has 2 amide bonds. The molecule has 4 nitrogen and oxygen atoms in total. The van der Waals surface area contributed by atoms with E-state index in [9.17, 15) is 9.59 Å². The van der Waals surface area contributed by atoms with Gasteiger partial charge in [0.15, 0.2) is 0 Å². The minimum Gasteiger partial charge on any atom is -0.365 e. The number of thiophene rings is 1. The number of carbonyl (C=O) groups is 2. The summed E-state index contributed by atoms with van der Waals surface area (Å²) in [5, 5.41) is 3.52. The van der Waals surface area contributed by atoms with Crippen LogP contribution in [0.2, 0.25) is 5.02 Å². The zero-order valence-electron chi connectivity index (χ0n) is 11.0. The van der Waals surface area contributed by atoms with Crippen molar-refractivity contribution in [2.45, 2.75) is 13.8 Å². The summed E-state index contributed by atoms with van der Waals surface area (Å²) in [7, 11) is 0. The van der Waals surface area contributed by atoms with E-state index in [2.05, 4.69) is 5.32 Å². The van der Waals surface area contributed by atoms with Gasteiger partial charge in [-0.05, 0) is 31.5 Å². The van der Waals surface area contributed by atoms with Gasteiger partial charge in [-0.25, -0.2) is 0 Å². The number of halogens is 1. The number of carbonyl (C=O) groups excluding carboxylic acids is 2. The maximum Gasteiger partial charge on any atom is 0.257 e. The van der Waals surface area contributed by atoms with E-state index in [0.29, 0.717) is 21.2 Å². The average Bonchev–Trinajstić information content (AvgIpc) is 2.65. The molecule has 0 aliphatic rings. The minimum atomic E-state index is -0.554. The third kappa shape index (κ3) is 2.69. The Labute approximate surface area is 125 Å². The molecular weight excluding hydrogens is 296 g/mol. The van der Waals surface area contributed by atoms with E-state index in [1.165, 1.54) is 11.3 Å². The predicted molar refractivity (Wildman–Crippen MR) is 81.7 cm³/mol. The lowest BCUT2D eigenvalue weighted by molar-refractivity contribution is 0.100. The van der Waals surface area contributed by atoms with Gasteiger partial charge in [0.2, 0.25) is 0 Å². The highest BCUT2D eigenvalue weighted by atomic mass is 35.5. The zero-order valence-corrected chi connectivity index (χ0v) is 12.6. The predicted octanol–water partition coefficient (Wildman–Crippen LogP) is 3.37. The van der Waals surface area contributed by atoms with Crippen molar-refractivity contribution >= 4 is 39.8 Å². The summed E-state index contributed by atoms with van der Waals surface area (Å²) >= 11 is 7.30. The van der Waals surface area contributed by atoms with Crippen LogP contribution in [0.25, 0.3) is 0 Å². The van der Waals surface area contributed by atoms with E-state index in [4.69, 9.17) is 17.3 Å². The van der Waals surface area contributed by atoms with Crippen molar-refractivity contribution in [1.29, 1.82) is 0 Å². The monoisotopic (exact) mass is 308 g/mol. The number of hydrogen-bond acceptors (Lipinski definition) is 3. The van der Waals surface area contributed by atoms with Crippen LogP contribution in [0.15, 0.2) is 24.3 Å². The Morgan fingerprint density at radius 2 is 1.90 bits per heavy atom. The number of benzene rings is 1. The van der Waals surface area contributed by atoms with Crippen molar-refractivity contribution in [3.05, 3.63) is 50.9 Å². The van der Waals surface area contributed by atoms with Gasteiger partial charge in [-0.15, -0.1) is 11.3 Å². The fourth-order valence-corrected chi connectivity index (χ4v) is 3.11. The summed E-state index contributed by atoms with van der Waals surface area (Å²) in [6, 6.07) is 6.72. The topological polar surface area (TPSA) is 72.2 Å². The standard InChI is InChI=1S/C14H13ClN2O2S/c1-7-8(2)20-14(11(7)12(16)18)17-13(19)9-5-3-4-6-10(9)15/h3-6H,1-2H3,(H2,16,18)(H,17,19). The van der Waals surface area contributed by atoms with E-state index in [1.54, 1.807) is 31.2 Å². The number of amides is 2. The molecule has 0 radical (unpaired) electrons. The van der Waals surface area contributed by atoms with Gasteiger partial charge < -0.3 is 11.1 Å². The Morgan fingerprint density at radius 3 is 2.50 bits per heavy atom. The van der Waals surface area contributed by atoms with Crippen LogP contribution in [0.4, 0.5) is 5.00 Å². The van der Waals surface area contributed by atoms with Gasteiger partial charge in [-0.1, -0.05) is 23.7 Å². The summed E-state index contributed by atoms with van der Waals surface area (Å²) in [6.07, 6.45) is 0. The van der Waals surface area contributed by atoms with Gasteiger partial charge in [0, 0.05) is 4.88 Å². The van der Waals surface area contributed by atoms with Crippen molar-refractivity contribution in [2.24, 2.45) is 5.73 Å². The molecule has 0 atom stereocenters. The Kier molecular flexibility index (Phi) is 4.11. The lowest BCUT2D eigenvalue weighted by Gasteiger charge is -2.06. The first-order chi connectivity index (χ1) is 9.41. The molecule has 3 N–H and O–H groups in total. The Morgan fingerprint density at radius 1 is 1.25 bits per heavy atom. The van der Waals surface area contributed by atoms with Gasteiger partial charge >= 0.3 is 0 Å². The number of anilines is 1. The van der Waals surface area contributed by atoms with Gasteiger partial charge in [-0.3, -0.25) is 9.59 Å². The molecule has 0 saturated carbocycles. The average molecular weight is 309 g/mol. The fraction of sp³-hybridized carbons (Fsp3) is 0.143. The SMILES string of the molecule is Cc1sc(NC(=O)c2ccccc2Cl)c(C(N)=O)c1C. The number of nitrogens with one attached hydrogen (secondary N) is 1. The summed E-state index contributed by atoms with van der Waals surface area (Å²) in [5.41, 5.74) is 6.86. The smallest absolute Gasteiger partial charge is 0.257 e. The molecule has 0 saturated heterocycles. The summed E-state index contributed by atoms with van der Waals surface area (Å²) in [4.78, 5) is 24.6. The summed E-state index contributed by atoms with van der Waals surface area (Å²) < 4.78 is 0. The molecular formula is C14H13ClN2O2S. The quantitative estimate of drug-likeness (QED) is 0.912. The van der Waals surface area contributed by atoms with Crippen molar-refractivity contribution in [3.8, 4) is 0 Å². The Hall–Kier alpha value is -1.85. The van der Waals surface area contributed by atoms with Crippen LogP contribution in [0.5, 0.6) is 0 Å². The second kappa shape index (κ2) is 5.64. The van der Waals surface area contributed by atoms with Gasteiger partial charge in [0.25, 0.3) is 11.8 Å². The molecule has 0 aliphatic carbocycles. The summed E-state index contributed by atoms with van der Waals surface area (Å²) in [6.45, 7) is 3.68. The molecule has 6 heteroatoms. The van der Waals surface area contributed by atoms with Crippen molar-refractivity contribution in [2.75, 3.05) is 5.32 Å². The molecule has 20 heavy (non-hydrogen) atoms. The Balaban J connectivity index is 2.36. The van der Waals surface area contributed by atoms with E-state index >= 15 is 0 Å². The first kappa shape index (κ1) is 14.6. The highest BCUT2D eigenvalue weighted by Crippen LogP contribution is 2.32. The van der Waals surface area contributed by atoms with Crippen LogP contribution in [0.3, 0.4) is 0 Å². The molecule has 0 fully saturated rings. The molecule has 0 aliphatic heterocycles. The second-order valence-electron chi connectivity index (χ2n) is 4.29. The van der Waals surface area contributed by atoms with Crippen LogP contribution in [-0.4, -0.2) is 11.8 Å². The number of aryl methyl sites for hydroxylation is 1. The lowest BCUT2D eigenvalue weighted by atomic mass is 10.1. The third-order valence-electron chi connectivity index (χ3n) is 2.98. The van der Waals surface area contributed by atoms with Crippen molar-refractivity contribution in [3.63, 3.8) is 0 Å². The Bertz CT molecular complexity index is 694. The molecule has 1 aromatic carbocycles. The van der Waals surface area contributed by atoms with Crippen LogP contribution in [-0.2, 0) is 0 Å². The maximum absolute atomic E-state index is 12.2.